The van der Waals surface area contributed by atoms with E-state index >= 15 is 0 Å². The molecule has 1 aliphatic heterocycles. The Morgan fingerprint density at radius 2 is 2.08 bits per heavy atom. The molecule has 0 aromatic heterocycles. The molecule has 142 valence electrons. The first-order chi connectivity index (χ1) is 12.3. The molecular weight excluding hydrogens is 357 g/mol. The number of carbonyl (C=O) groups excluding carboxylic acids is 3. The number of nitrogens with one attached hydrogen (secondary N) is 2. The van der Waals surface area contributed by atoms with E-state index in [1.54, 1.807) is 0 Å². The van der Waals surface area contributed by atoms with Crippen molar-refractivity contribution in [2.24, 2.45) is 5.73 Å². The third-order valence-corrected chi connectivity index (χ3v) is 3.51. The molecule has 0 aliphatic carbocycles. The lowest BCUT2D eigenvalue weighted by atomic mass is 10.2. The van der Waals surface area contributed by atoms with Crippen molar-refractivity contribution < 1.29 is 32.3 Å². The van der Waals surface area contributed by atoms with Gasteiger partial charge in [0, 0.05) is 12.2 Å². The third kappa shape index (κ3) is 4.92. The van der Waals surface area contributed by atoms with Gasteiger partial charge in [0.05, 0.1) is 18.8 Å². The van der Waals surface area contributed by atoms with Crippen molar-refractivity contribution in [3.05, 3.63) is 24.0 Å². The van der Waals surface area contributed by atoms with Crippen molar-refractivity contribution in [1.29, 1.82) is 0 Å². The van der Waals surface area contributed by atoms with Crippen molar-refractivity contribution in [2.75, 3.05) is 36.5 Å². The molecule has 3 amide bonds. The molecule has 1 saturated heterocycles. The summed E-state index contributed by atoms with van der Waals surface area (Å²) in [6.07, 6.45) is -2.78. The zero-order valence-corrected chi connectivity index (χ0v) is 13.5. The molecule has 1 fully saturated rings. The molecule has 0 spiro atoms. The van der Waals surface area contributed by atoms with Crippen LogP contribution >= 0.6 is 0 Å². The predicted molar refractivity (Wildman–Crippen MR) is 85.2 cm³/mol. The Morgan fingerprint density at radius 1 is 1.35 bits per heavy atom. The van der Waals surface area contributed by atoms with Crippen molar-refractivity contribution in [3.8, 4) is 0 Å². The van der Waals surface area contributed by atoms with Crippen LogP contribution in [-0.4, -0.2) is 56.5 Å². The standard InChI is InChI=1S/C15H17F3N4O4/c16-9-5-8(1-2-10(9)22-3-4-26-7-12(22)23)21-15(25)13(14(19)24)20-6-11(17)18/h1-2,5,11,13,20H,3-4,6-7H2,(H2,19,24)(H,21,25)/t13-/m1/s1. The Labute approximate surface area is 146 Å². The maximum absolute atomic E-state index is 14.3. The van der Waals surface area contributed by atoms with Crippen molar-refractivity contribution >= 4 is 29.1 Å². The predicted octanol–water partition coefficient (Wildman–Crippen LogP) is -0.164. The zero-order chi connectivity index (χ0) is 19.3. The number of primary amides is 1. The number of ether oxygens (including phenoxy) is 1. The number of hydrogen-bond acceptors (Lipinski definition) is 5. The third-order valence-electron chi connectivity index (χ3n) is 3.51. The SMILES string of the molecule is NC(=O)[C@@H](NCC(F)F)C(=O)Nc1ccc(N2CCOCC2=O)c(F)c1. The first kappa shape index (κ1) is 19.7. The monoisotopic (exact) mass is 374 g/mol. The molecule has 8 nitrogen and oxygen atoms in total. The maximum atomic E-state index is 14.3. The minimum absolute atomic E-state index is 0.0126. The highest BCUT2D eigenvalue weighted by molar-refractivity contribution is 6.09. The number of anilines is 2. The van der Waals surface area contributed by atoms with Crippen LogP contribution in [0.2, 0.25) is 0 Å². The first-order valence-corrected chi connectivity index (χ1v) is 7.59. The van der Waals surface area contributed by atoms with Gasteiger partial charge in [0.25, 0.3) is 18.2 Å². The molecule has 2 rings (SSSR count). The summed E-state index contributed by atoms with van der Waals surface area (Å²) in [5.74, 6) is -3.35. The van der Waals surface area contributed by atoms with E-state index in [0.29, 0.717) is 0 Å². The van der Waals surface area contributed by atoms with Gasteiger partial charge in [-0.2, -0.15) is 0 Å². The number of halogens is 3. The highest BCUT2D eigenvalue weighted by atomic mass is 19.3. The van der Waals surface area contributed by atoms with Crippen molar-refractivity contribution in [3.63, 3.8) is 0 Å². The molecule has 1 heterocycles. The van der Waals surface area contributed by atoms with E-state index < -0.39 is 42.6 Å². The summed E-state index contributed by atoms with van der Waals surface area (Å²) in [5, 5.41) is 4.24. The Balaban J connectivity index is 2.09. The number of rotatable bonds is 7. The minimum Gasteiger partial charge on any atom is -0.370 e. The van der Waals surface area contributed by atoms with Gasteiger partial charge >= 0.3 is 0 Å². The number of nitrogens with zero attached hydrogens (tertiary/aromatic N) is 1. The fourth-order valence-electron chi connectivity index (χ4n) is 2.32. The normalized spacial score (nSPS) is 15.8. The molecule has 4 N–H and O–H groups in total. The maximum Gasteiger partial charge on any atom is 0.253 e. The van der Waals surface area contributed by atoms with Gasteiger partial charge in [-0.05, 0) is 18.2 Å². The van der Waals surface area contributed by atoms with Crippen LogP contribution in [0.3, 0.4) is 0 Å². The molecule has 0 saturated carbocycles. The Hall–Kier alpha value is -2.66. The van der Waals surface area contributed by atoms with Gasteiger partial charge in [0.15, 0.2) is 6.04 Å². The molecule has 1 aliphatic rings. The second-order valence-corrected chi connectivity index (χ2v) is 5.39. The van der Waals surface area contributed by atoms with Crippen LogP contribution in [0.4, 0.5) is 24.5 Å². The Morgan fingerprint density at radius 3 is 2.65 bits per heavy atom. The molecule has 0 bridgehead atoms. The molecule has 1 aromatic rings. The van der Waals surface area contributed by atoms with E-state index in [2.05, 4.69) is 5.32 Å². The Kier molecular flexibility index (Phi) is 6.52. The number of hydrogen-bond donors (Lipinski definition) is 3. The lowest BCUT2D eigenvalue weighted by Crippen LogP contribution is -2.51. The largest absolute Gasteiger partial charge is 0.370 e. The summed E-state index contributed by atoms with van der Waals surface area (Å²) in [6, 6.07) is 1.83. The van der Waals surface area contributed by atoms with Crippen LogP contribution < -0.4 is 21.3 Å². The van der Waals surface area contributed by atoms with Crippen molar-refractivity contribution in [2.45, 2.75) is 12.5 Å². The molecule has 1 aromatic carbocycles. The van der Waals surface area contributed by atoms with Gasteiger partial charge in [-0.15, -0.1) is 0 Å². The Bertz CT molecular complexity index is 701. The van der Waals surface area contributed by atoms with Gasteiger partial charge in [0.2, 0.25) is 5.91 Å². The molecule has 1 atom stereocenters. The summed E-state index contributed by atoms with van der Waals surface area (Å²) in [6.45, 7) is -0.621. The van der Waals surface area contributed by atoms with E-state index in [1.165, 1.54) is 17.0 Å². The summed E-state index contributed by atoms with van der Waals surface area (Å²) >= 11 is 0. The van der Waals surface area contributed by atoms with Crippen LogP contribution in [0, 0.1) is 5.82 Å². The number of amides is 3. The van der Waals surface area contributed by atoms with Gasteiger partial charge in [0.1, 0.15) is 12.4 Å². The lowest BCUT2D eigenvalue weighted by molar-refractivity contribution is -0.128. The number of alkyl halides is 2. The first-order valence-electron chi connectivity index (χ1n) is 7.59. The highest BCUT2D eigenvalue weighted by Crippen LogP contribution is 2.24. The fraction of sp³-hybridized carbons (Fsp3) is 0.400. The van der Waals surface area contributed by atoms with E-state index in [-0.39, 0.29) is 31.1 Å². The summed E-state index contributed by atoms with van der Waals surface area (Å²) < 4.78 is 43.7. The number of benzene rings is 1. The van der Waals surface area contributed by atoms with Crippen LogP contribution in [-0.2, 0) is 19.1 Å². The van der Waals surface area contributed by atoms with Gasteiger partial charge < -0.3 is 20.7 Å². The molecule has 26 heavy (non-hydrogen) atoms. The van der Waals surface area contributed by atoms with E-state index in [0.717, 1.165) is 6.07 Å². The highest BCUT2D eigenvalue weighted by Gasteiger charge is 2.26. The molecule has 11 heteroatoms. The van der Waals surface area contributed by atoms with Crippen LogP contribution in [0.1, 0.15) is 0 Å². The zero-order valence-electron chi connectivity index (χ0n) is 13.5. The lowest BCUT2D eigenvalue weighted by Gasteiger charge is -2.27. The molecule has 0 radical (unpaired) electrons. The second kappa shape index (κ2) is 8.63. The molecule has 0 unspecified atom stereocenters. The molecular formula is C15H17F3N4O4. The quantitative estimate of drug-likeness (QED) is 0.574. The van der Waals surface area contributed by atoms with E-state index in [9.17, 15) is 27.6 Å². The van der Waals surface area contributed by atoms with Gasteiger partial charge in [-0.25, -0.2) is 13.2 Å². The smallest absolute Gasteiger partial charge is 0.253 e. The summed E-state index contributed by atoms with van der Waals surface area (Å²) in [4.78, 5) is 36.2. The number of carbonyl (C=O) groups is 3. The van der Waals surface area contributed by atoms with E-state index in [4.69, 9.17) is 10.5 Å². The van der Waals surface area contributed by atoms with Gasteiger partial charge in [-0.3, -0.25) is 19.7 Å². The van der Waals surface area contributed by atoms with Crippen molar-refractivity contribution in [1.82, 2.24) is 5.32 Å². The van der Waals surface area contributed by atoms with Gasteiger partial charge in [-0.1, -0.05) is 0 Å². The average molecular weight is 374 g/mol. The number of nitrogens with two attached hydrogens (primary N) is 1. The van der Waals surface area contributed by atoms with Crippen LogP contribution in [0.5, 0.6) is 0 Å². The van der Waals surface area contributed by atoms with E-state index in [1.807, 2.05) is 5.32 Å². The fourth-order valence-corrected chi connectivity index (χ4v) is 2.32. The van der Waals surface area contributed by atoms with Crippen LogP contribution in [0.15, 0.2) is 18.2 Å². The van der Waals surface area contributed by atoms with Crippen LogP contribution in [0.25, 0.3) is 0 Å². The second-order valence-electron chi connectivity index (χ2n) is 5.39. The summed E-state index contributed by atoms with van der Waals surface area (Å²) in [5.41, 5.74) is 4.99. The number of morpholine rings is 1. The summed E-state index contributed by atoms with van der Waals surface area (Å²) in [7, 11) is 0. The average Bonchev–Trinajstić information content (AvgIpc) is 2.55. The topological polar surface area (TPSA) is 114 Å². The minimum atomic E-state index is -2.78.